The highest BCUT2D eigenvalue weighted by Crippen LogP contribution is 2.60. The third kappa shape index (κ3) is 2.07. The largest absolute Gasteiger partial charge is 1.00 e. The lowest BCUT2D eigenvalue weighted by Gasteiger charge is -2.56. The Balaban J connectivity index is 0.000000853. The summed E-state index contributed by atoms with van der Waals surface area (Å²) >= 11 is 1.67. The van der Waals surface area contributed by atoms with Gasteiger partial charge in [-0.25, -0.2) is 0 Å². The van der Waals surface area contributed by atoms with Crippen LogP contribution in [0.25, 0.3) is 0 Å². The zero-order chi connectivity index (χ0) is 9.76. The summed E-state index contributed by atoms with van der Waals surface area (Å²) in [5.41, 5.74) is 5.56. The predicted octanol–water partition coefficient (Wildman–Crippen LogP) is -0.414. The standard InChI is InChI=1S/C11H18N2S.BrH/c12-10(13)14-11-4-7-1-8(5-11)3-9(2-7)6-11;/h7-9H,1-6H2,(H3,12,13);1H/p-1. The molecule has 0 aromatic rings. The first-order valence-electron chi connectivity index (χ1n) is 5.68. The number of thioether (sulfide) groups is 1. The number of nitrogens with one attached hydrogen (secondary N) is 1. The fourth-order valence-electron chi connectivity index (χ4n) is 4.39. The van der Waals surface area contributed by atoms with Gasteiger partial charge in [-0.3, -0.25) is 5.41 Å². The molecule has 15 heavy (non-hydrogen) atoms. The van der Waals surface area contributed by atoms with Crippen LogP contribution in [-0.2, 0) is 0 Å². The van der Waals surface area contributed by atoms with Crippen molar-refractivity contribution in [1.29, 1.82) is 5.41 Å². The molecule has 3 N–H and O–H groups in total. The van der Waals surface area contributed by atoms with Crippen LogP contribution in [0.15, 0.2) is 0 Å². The normalized spacial score (nSPS) is 46.3. The van der Waals surface area contributed by atoms with Crippen LogP contribution >= 0.6 is 11.8 Å². The molecule has 0 spiro atoms. The average molecular weight is 290 g/mol. The molecule has 0 aromatic carbocycles. The summed E-state index contributed by atoms with van der Waals surface area (Å²) in [6, 6.07) is 0. The first-order chi connectivity index (χ1) is 6.65. The van der Waals surface area contributed by atoms with Crippen LogP contribution in [0.1, 0.15) is 38.5 Å². The smallest absolute Gasteiger partial charge is 0.151 e. The molecule has 0 heterocycles. The molecule has 0 radical (unpaired) electrons. The van der Waals surface area contributed by atoms with E-state index in [0.29, 0.717) is 9.91 Å². The van der Waals surface area contributed by atoms with E-state index in [1.165, 1.54) is 38.5 Å². The number of amidine groups is 1. The van der Waals surface area contributed by atoms with Gasteiger partial charge in [0.25, 0.3) is 0 Å². The van der Waals surface area contributed by atoms with Crippen molar-refractivity contribution in [3.05, 3.63) is 0 Å². The Labute approximate surface area is 106 Å². The summed E-state index contributed by atoms with van der Waals surface area (Å²) in [6.07, 6.45) is 8.42. The number of halogens is 1. The Bertz CT molecular complexity index is 244. The van der Waals surface area contributed by atoms with Gasteiger partial charge < -0.3 is 22.7 Å². The highest BCUT2D eigenvalue weighted by Gasteiger charge is 2.51. The van der Waals surface area contributed by atoms with Gasteiger partial charge in [-0.1, -0.05) is 11.8 Å². The summed E-state index contributed by atoms with van der Waals surface area (Å²) in [6.45, 7) is 0. The van der Waals surface area contributed by atoms with Crippen LogP contribution in [0.3, 0.4) is 0 Å². The Hall–Kier alpha value is 0.300. The maximum Gasteiger partial charge on any atom is 0.151 e. The van der Waals surface area contributed by atoms with Crippen molar-refractivity contribution in [1.82, 2.24) is 0 Å². The Morgan fingerprint density at radius 2 is 1.47 bits per heavy atom. The average Bonchev–Trinajstić information content (AvgIpc) is 1.96. The van der Waals surface area contributed by atoms with Crippen LogP contribution in [0.5, 0.6) is 0 Å². The van der Waals surface area contributed by atoms with Gasteiger partial charge in [0.05, 0.1) is 0 Å². The minimum Gasteiger partial charge on any atom is -1.00 e. The summed E-state index contributed by atoms with van der Waals surface area (Å²) in [5, 5.41) is 7.81. The van der Waals surface area contributed by atoms with E-state index in [9.17, 15) is 0 Å². The lowest BCUT2D eigenvalue weighted by Crippen LogP contribution is -3.00. The fourth-order valence-corrected chi connectivity index (χ4v) is 5.81. The van der Waals surface area contributed by atoms with Crippen molar-refractivity contribution in [2.75, 3.05) is 0 Å². The molecule has 0 unspecified atom stereocenters. The molecule has 4 bridgehead atoms. The Morgan fingerprint density at radius 3 is 1.80 bits per heavy atom. The molecule has 0 atom stereocenters. The van der Waals surface area contributed by atoms with E-state index in [1.807, 2.05) is 0 Å². The topological polar surface area (TPSA) is 49.9 Å². The number of hydrogen-bond donors (Lipinski definition) is 2. The van der Waals surface area contributed by atoms with E-state index in [-0.39, 0.29) is 17.0 Å². The van der Waals surface area contributed by atoms with Gasteiger partial charge in [0.1, 0.15) is 0 Å². The lowest BCUT2D eigenvalue weighted by atomic mass is 9.56. The number of rotatable bonds is 1. The van der Waals surface area contributed by atoms with Gasteiger partial charge in [0.2, 0.25) is 0 Å². The highest BCUT2D eigenvalue weighted by molar-refractivity contribution is 8.14. The van der Waals surface area contributed by atoms with E-state index in [0.717, 1.165) is 17.8 Å². The van der Waals surface area contributed by atoms with E-state index in [1.54, 1.807) is 11.8 Å². The molecule has 4 aliphatic rings. The van der Waals surface area contributed by atoms with Gasteiger partial charge in [0, 0.05) is 4.75 Å². The van der Waals surface area contributed by atoms with Crippen LogP contribution in [-0.4, -0.2) is 9.91 Å². The van der Waals surface area contributed by atoms with E-state index >= 15 is 0 Å². The van der Waals surface area contributed by atoms with Crippen LogP contribution in [0, 0.1) is 23.2 Å². The first kappa shape index (κ1) is 11.8. The van der Waals surface area contributed by atoms with Gasteiger partial charge in [-0.2, -0.15) is 0 Å². The fraction of sp³-hybridized carbons (Fsp3) is 0.909. The summed E-state index contributed by atoms with van der Waals surface area (Å²) in [4.78, 5) is 0. The molecule has 0 saturated heterocycles. The highest BCUT2D eigenvalue weighted by atomic mass is 79.9. The second-order valence-corrected chi connectivity index (χ2v) is 7.08. The second kappa shape index (κ2) is 3.95. The van der Waals surface area contributed by atoms with Crippen molar-refractivity contribution in [2.45, 2.75) is 43.3 Å². The third-order valence-corrected chi connectivity index (χ3v) is 5.46. The minimum absolute atomic E-state index is 0. The van der Waals surface area contributed by atoms with Gasteiger partial charge >= 0.3 is 0 Å². The minimum atomic E-state index is 0. The summed E-state index contributed by atoms with van der Waals surface area (Å²) in [7, 11) is 0. The van der Waals surface area contributed by atoms with Crippen LogP contribution in [0.2, 0.25) is 0 Å². The second-order valence-electron chi connectivity index (χ2n) is 5.57. The Morgan fingerprint density at radius 1 is 1.07 bits per heavy atom. The molecular weight excluding hydrogens is 272 g/mol. The van der Waals surface area contributed by atoms with Crippen molar-refractivity contribution in [3.8, 4) is 0 Å². The molecule has 4 heteroatoms. The molecule has 4 rings (SSSR count). The van der Waals surface area contributed by atoms with E-state index in [2.05, 4.69) is 0 Å². The van der Waals surface area contributed by atoms with Crippen molar-refractivity contribution < 1.29 is 17.0 Å². The molecule has 4 saturated carbocycles. The maximum atomic E-state index is 7.47. The molecule has 4 aliphatic carbocycles. The van der Waals surface area contributed by atoms with Crippen molar-refractivity contribution in [3.63, 3.8) is 0 Å². The molecular formula is C11H18BrN2S-. The maximum absolute atomic E-state index is 7.47. The molecule has 0 aromatic heterocycles. The molecule has 4 fully saturated rings. The quantitative estimate of drug-likeness (QED) is 0.509. The molecule has 0 aliphatic heterocycles. The van der Waals surface area contributed by atoms with Crippen molar-refractivity contribution >= 4 is 16.9 Å². The van der Waals surface area contributed by atoms with Crippen molar-refractivity contribution in [2.24, 2.45) is 23.5 Å². The van der Waals surface area contributed by atoms with Crippen LogP contribution in [0.4, 0.5) is 0 Å². The zero-order valence-corrected chi connectivity index (χ0v) is 11.2. The number of hydrogen-bond acceptors (Lipinski definition) is 2. The zero-order valence-electron chi connectivity index (χ0n) is 8.84. The number of nitrogens with two attached hydrogens (primary N) is 1. The monoisotopic (exact) mass is 289 g/mol. The molecule has 86 valence electrons. The SMILES string of the molecule is N=C(N)SC12CC3CC(CC(C3)C1)C2.[Br-]. The molecule has 2 nitrogen and oxygen atoms in total. The summed E-state index contributed by atoms with van der Waals surface area (Å²) < 4.78 is 0.389. The third-order valence-electron chi connectivity index (χ3n) is 4.31. The lowest BCUT2D eigenvalue weighted by molar-refractivity contribution is -0.00000623. The van der Waals surface area contributed by atoms with E-state index < -0.39 is 0 Å². The van der Waals surface area contributed by atoms with Gasteiger partial charge in [-0.15, -0.1) is 0 Å². The summed E-state index contributed by atoms with van der Waals surface area (Å²) in [5.74, 6) is 2.90. The Kier molecular flexibility index (Phi) is 3.10. The first-order valence-corrected chi connectivity index (χ1v) is 6.50. The van der Waals surface area contributed by atoms with Gasteiger partial charge in [0.15, 0.2) is 5.17 Å². The van der Waals surface area contributed by atoms with Gasteiger partial charge in [-0.05, 0) is 56.3 Å². The molecule has 0 amide bonds. The predicted molar refractivity (Wildman–Crippen MR) is 60.4 cm³/mol. The van der Waals surface area contributed by atoms with Crippen LogP contribution < -0.4 is 22.7 Å². The van der Waals surface area contributed by atoms with E-state index in [4.69, 9.17) is 11.1 Å².